The van der Waals surface area contributed by atoms with E-state index in [2.05, 4.69) is 64.6 Å². The number of pyridine rings is 1. The Morgan fingerprint density at radius 2 is 1.86 bits per heavy atom. The molecular formula is C22H29IN6. The van der Waals surface area contributed by atoms with Gasteiger partial charge in [0.2, 0.25) is 0 Å². The molecule has 2 N–H and O–H groups in total. The van der Waals surface area contributed by atoms with Crippen LogP contribution in [0.1, 0.15) is 29.2 Å². The third-order valence-electron chi connectivity index (χ3n) is 4.33. The van der Waals surface area contributed by atoms with E-state index in [1.54, 1.807) is 12.5 Å². The first-order valence-corrected chi connectivity index (χ1v) is 9.66. The third-order valence-corrected chi connectivity index (χ3v) is 4.33. The molecule has 0 spiro atoms. The van der Waals surface area contributed by atoms with Gasteiger partial charge in [-0.05, 0) is 44.4 Å². The van der Waals surface area contributed by atoms with Crippen LogP contribution in [0.2, 0.25) is 0 Å². The van der Waals surface area contributed by atoms with Gasteiger partial charge in [0.15, 0.2) is 5.96 Å². The standard InChI is InChI=1S/C22H28N6.HI/c1-4-24-22(25-8-7-19-12-17(2)11-18(3)13-19)27-15-20-5-6-21(26-14-20)28-10-9-23-16-28;/h5-6,9-14,16H,4,7-8,15H2,1-3H3,(H2,24,25,27);1H. The number of rotatable bonds is 7. The van der Waals surface area contributed by atoms with Crippen LogP contribution in [0.4, 0.5) is 0 Å². The SMILES string of the molecule is CCNC(=NCc1ccc(-n2ccnc2)nc1)NCCc1cc(C)cc(C)c1.I. The van der Waals surface area contributed by atoms with Gasteiger partial charge >= 0.3 is 0 Å². The lowest BCUT2D eigenvalue weighted by atomic mass is 10.1. The summed E-state index contributed by atoms with van der Waals surface area (Å²) in [5.41, 5.74) is 5.03. The molecule has 6 nitrogen and oxygen atoms in total. The molecule has 0 saturated carbocycles. The normalized spacial score (nSPS) is 11.1. The Balaban J connectivity index is 0.00000300. The van der Waals surface area contributed by atoms with E-state index in [0.717, 1.165) is 36.9 Å². The van der Waals surface area contributed by atoms with Crippen LogP contribution in [0, 0.1) is 13.8 Å². The van der Waals surface area contributed by atoms with E-state index in [1.807, 2.05) is 29.1 Å². The van der Waals surface area contributed by atoms with Crippen molar-refractivity contribution in [2.75, 3.05) is 13.1 Å². The van der Waals surface area contributed by atoms with Crippen LogP contribution in [0.5, 0.6) is 0 Å². The van der Waals surface area contributed by atoms with Crippen molar-refractivity contribution in [1.29, 1.82) is 0 Å². The number of hydrogen-bond acceptors (Lipinski definition) is 3. The van der Waals surface area contributed by atoms with E-state index in [-0.39, 0.29) is 24.0 Å². The van der Waals surface area contributed by atoms with E-state index in [0.29, 0.717) is 6.54 Å². The Labute approximate surface area is 189 Å². The van der Waals surface area contributed by atoms with Gasteiger partial charge in [-0.3, -0.25) is 4.57 Å². The molecule has 154 valence electrons. The number of aryl methyl sites for hydroxylation is 2. The molecular weight excluding hydrogens is 475 g/mol. The summed E-state index contributed by atoms with van der Waals surface area (Å²) in [4.78, 5) is 13.2. The largest absolute Gasteiger partial charge is 0.357 e. The monoisotopic (exact) mass is 504 g/mol. The number of aliphatic imine (C=N–C) groups is 1. The topological polar surface area (TPSA) is 67.1 Å². The fraction of sp³-hybridized carbons (Fsp3) is 0.318. The van der Waals surface area contributed by atoms with Crippen LogP contribution in [0.3, 0.4) is 0 Å². The lowest BCUT2D eigenvalue weighted by molar-refractivity contribution is 0.798. The molecule has 1 aromatic carbocycles. The molecule has 0 radical (unpaired) electrons. The van der Waals surface area contributed by atoms with Crippen LogP contribution in [-0.2, 0) is 13.0 Å². The molecule has 3 aromatic rings. The molecule has 0 saturated heterocycles. The van der Waals surface area contributed by atoms with Gasteiger partial charge in [0.05, 0.1) is 6.54 Å². The van der Waals surface area contributed by atoms with E-state index >= 15 is 0 Å². The third kappa shape index (κ3) is 7.16. The number of nitrogens with one attached hydrogen (secondary N) is 2. The number of aromatic nitrogens is 3. The zero-order chi connectivity index (χ0) is 19.8. The van der Waals surface area contributed by atoms with Crippen LogP contribution < -0.4 is 10.6 Å². The molecule has 0 aliphatic carbocycles. The highest BCUT2D eigenvalue weighted by Gasteiger charge is 2.01. The highest BCUT2D eigenvalue weighted by molar-refractivity contribution is 14.0. The first kappa shape index (κ1) is 22.9. The first-order valence-electron chi connectivity index (χ1n) is 9.66. The lowest BCUT2D eigenvalue weighted by Crippen LogP contribution is -2.38. The second kappa shape index (κ2) is 11.5. The Morgan fingerprint density at radius 3 is 2.48 bits per heavy atom. The van der Waals surface area contributed by atoms with Gasteiger partial charge < -0.3 is 10.6 Å². The Kier molecular flexibility index (Phi) is 9.11. The number of hydrogen-bond donors (Lipinski definition) is 2. The van der Waals surface area contributed by atoms with Crippen LogP contribution in [0.15, 0.2) is 60.2 Å². The van der Waals surface area contributed by atoms with Crippen LogP contribution in [0.25, 0.3) is 5.82 Å². The van der Waals surface area contributed by atoms with E-state index in [1.165, 1.54) is 16.7 Å². The molecule has 0 fully saturated rings. The molecule has 0 aliphatic heterocycles. The van der Waals surface area contributed by atoms with Crippen molar-refractivity contribution in [1.82, 2.24) is 25.2 Å². The summed E-state index contributed by atoms with van der Waals surface area (Å²) in [6.07, 6.45) is 8.19. The molecule has 0 amide bonds. The first-order chi connectivity index (χ1) is 13.6. The molecule has 2 aromatic heterocycles. The fourth-order valence-electron chi connectivity index (χ4n) is 3.11. The number of guanidine groups is 1. The van der Waals surface area contributed by atoms with Gasteiger partial charge in [-0.25, -0.2) is 15.0 Å². The van der Waals surface area contributed by atoms with E-state index in [9.17, 15) is 0 Å². The van der Waals surface area contributed by atoms with Crippen LogP contribution >= 0.6 is 24.0 Å². The predicted molar refractivity (Wildman–Crippen MR) is 129 cm³/mol. The summed E-state index contributed by atoms with van der Waals surface area (Å²) in [7, 11) is 0. The van der Waals surface area contributed by atoms with Gasteiger partial charge in [-0.1, -0.05) is 35.4 Å². The second-order valence-electron chi connectivity index (χ2n) is 6.86. The molecule has 29 heavy (non-hydrogen) atoms. The van der Waals surface area contributed by atoms with Gasteiger partial charge in [-0.15, -0.1) is 24.0 Å². The molecule has 2 heterocycles. The predicted octanol–water partition coefficient (Wildman–Crippen LogP) is 3.80. The number of halogens is 1. The van der Waals surface area contributed by atoms with E-state index in [4.69, 9.17) is 0 Å². The quantitative estimate of drug-likeness (QED) is 0.292. The van der Waals surface area contributed by atoms with Crippen molar-refractivity contribution in [2.45, 2.75) is 33.7 Å². The smallest absolute Gasteiger partial charge is 0.191 e. The van der Waals surface area contributed by atoms with Crippen molar-refractivity contribution in [3.05, 3.63) is 77.5 Å². The minimum atomic E-state index is 0. The Morgan fingerprint density at radius 1 is 1.07 bits per heavy atom. The maximum absolute atomic E-state index is 4.68. The van der Waals surface area contributed by atoms with Crippen molar-refractivity contribution >= 4 is 29.9 Å². The molecule has 3 rings (SSSR count). The molecule has 0 unspecified atom stereocenters. The summed E-state index contributed by atoms with van der Waals surface area (Å²) >= 11 is 0. The second-order valence-corrected chi connectivity index (χ2v) is 6.86. The number of imidazole rings is 1. The minimum absolute atomic E-state index is 0. The van der Waals surface area contributed by atoms with Crippen molar-refractivity contribution in [2.24, 2.45) is 4.99 Å². The average Bonchev–Trinajstić information content (AvgIpc) is 3.20. The average molecular weight is 504 g/mol. The van der Waals surface area contributed by atoms with Crippen LogP contribution in [-0.4, -0.2) is 33.6 Å². The fourth-order valence-corrected chi connectivity index (χ4v) is 3.11. The Hall–Kier alpha value is -2.42. The maximum atomic E-state index is 4.68. The molecule has 7 heteroatoms. The molecule has 0 bridgehead atoms. The summed E-state index contributed by atoms with van der Waals surface area (Å²) in [5.74, 6) is 1.68. The molecule has 0 atom stereocenters. The lowest BCUT2D eigenvalue weighted by Gasteiger charge is -2.12. The summed E-state index contributed by atoms with van der Waals surface area (Å²) in [5, 5.41) is 6.72. The van der Waals surface area contributed by atoms with Gasteiger partial charge in [-0.2, -0.15) is 0 Å². The minimum Gasteiger partial charge on any atom is -0.357 e. The van der Waals surface area contributed by atoms with E-state index < -0.39 is 0 Å². The number of nitrogens with zero attached hydrogens (tertiary/aromatic N) is 4. The Bertz CT molecular complexity index is 883. The zero-order valence-electron chi connectivity index (χ0n) is 17.2. The summed E-state index contributed by atoms with van der Waals surface area (Å²) in [6.45, 7) is 8.60. The van der Waals surface area contributed by atoms with Gasteiger partial charge in [0.1, 0.15) is 12.1 Å². The van der Waals surface area contributed by atoms with Gasteiger partial charge in [0.25, 0.3) is 0 Å². The zero-order valence-corrected chi connectivity index (χ0v) is 19.6. The summed E-state index contributed by atoms with van der Waals surface area (Å²) in [6, 6.07) is 10.7. The van der Waals surface area contributed by atoms with Crippen molar-refractivity contribution in [3.63, 3.8) is 0 Å². The van der Waals surface area contributed by atoms with Gasteiger partial charge in [0, 0.05) is 31.7 Å². The summed E-state index contributed by atoms with van der Waals surface area (Å²) < 4.78 is 1.88. The van der Waals surface area contributed by atoms with Crippen molar-refractivity contribution < 1.29 is 0 Å². The molecule has 0 aliphatic rings. The highest BCUT2D eigenvalue weighted by atomic mass is 127. The maximum Gasteiger partial charge on any atom is 0.191 e. The number of benzene rings is 1. The highest BCUT2D eigenvalue weighted by Crippen LogP contribution is 2.09. The van der Waals surface area contributed by atoms with Crippen molar-refractivity contribution in [3.8, 4) is 5.82 Å².